The maximum Gasteiger partial charge on any atom is 0.146 e. The standard InChI is InChI=1S/C16H16FNO2/c1-19-11-6-7-16-12(10-11)14(8-9-20-16)18-15-5-3-2-4-13(15)17/h2-7,10,14,18H,8-9H2,1H3. The maximum absolute atomic E-state index is 13.7. The molecule has 0 fully saturated rings. The SMILES string of the molecule is COc1ccc2c(c1)C(Nc1ccccc1F)CCO2. The fraction of sp³-hybridized carbons (Fsp3) is 0.250. The van der Waals surface area contributed by atoms with Gasteiger partial charge in [0.05, 0.1) is 25.4 Å². The van der Waals surface area contributed by atoms with Crippen LogP contribution in [0, 0.1) is 5.82 Å². The molecule has 1 aliphatic rings. The Morgan fingerprint density at radius 1 is 1.25 bits per heavy atom. The second-order valence-electron chi connectivity index (χ2n) is 4.72. The summed E-state index contributed by atoms with van der Waals surface area (Å²) in [6.45, 7) is 0.617. The zero-order valence-corrected chi connectivity index (χ0v) is 11.2. The van der Waals surface area contributed by atoms with Crippen LogP contribution in [0.5, 0.6) is 11.5 Å². The molecule has 3 rings (SSSR count). The number of rotatable bonds is 3. The molecular weight excluding hydrogens is 257 g/mol. The number of para-hydroxylation sites is 1. The van der Waals surface area contributed by atoms with Crippen molar-refractivity contribution >= 4 is 5.69 Å². The van der Waals surface area contributed by atoms with Crippen molar-refractivity contribution < 1.29 is 13.9 Å². The number of nitrogens with one attached hydrogen (secondary N) is 1. The summed E-state index contributed by atoms with van der Waals surface area (Å²) in [6.07, 6.45) is 0.786. The highest BCUT2D eigenvalue weighted by molar-refractivity contribution is 5.51. The first-order valence-corrected chi connectivity index (χ1v) is 6.60. The van der Waals surface area contributed by atoms with Crippen molar-refractivity contribution in [3.8, 4) is 11.5 Å². The molecule has 1 N–H and O–H groups in total. The first-order chi connectivity index (χ1) is 9.78. The molecule has 20 heavy (non-hydrogen) atoms. The number of hydrogen-bond donors (Lipinski definition) is 1. The highest BCUT2D eigenvalue weighted by Crippen LogP contribution is 2.37. The van der Waals surface area contributed by atoms with E-state index in [0.29, 0.717) is 12.3 Å². The summed E-state index contributed by atoms with van der Waals surface area (Å²) in [4.78, 5) is 0. The number of ether oxygens (including phenoxy) is 2. The van der Waals surface area contributed by atoms with Crippen LogP contribution < -0.4 is 14.8 Å². The van der Waals surface area contributed by atoms with Gasteiger partial charge in [-0.15, -0.1) is 0 Å². The van der Waals surface area contributed by atoms with Crippen LogP contribution in [-0.2, 0) is 0 Å². The Bertz CT molecular complexity index is 615. The molecule has 0 aromatic heterocycles. The number of hydrogen-bond acceptors (Lipinski definition) is 3. The van der Waals surface area contributed by atoms with Gasteiger partial charge in [-0.3, -0.25) is 0 Å². The van der Waals surface area contributed by atoms with Crippen molar-refractivity contribution in [1.29, 1.82) is 0 Å². The molecule has 2 aromatic carbocycles. The fourth-order valence-corrected chi connectivity index (χ4v) is 2.42. The molecule has 4 heteroatoms. The third-order valence-electron chi connectivity index (χ3n) is 3.46. The van der Waals surface area contributed by atoms with Crippen LogP contribution in [0.1, 0.15) is 18.0 Å². The van der Waals surface area contributed by atoms with Gasteiger partial charge in [0, 0.05) is 12.0 Å². The molecule has 1 atom stereocenters. The van der Waals surface area contributed by atoms with E-state index in [1.165, 1.54) is 6.07 Å². The third-order valence-corrected chi connectivity index (χ3v) is 3.46. The molecule has 0 bridgehead atoms. The predicted octanol–water partition coefficient (Wildman–Crippen LogP) is 3.77. The van der Waals surface area contributed by atoms with Crippen molar-refractivity contribution in [3.63, 3.8) is 0 Å². The summed E-state index contributed by atoms with van der Waals surface area (Å²) in [6, 6.07) is 12.4. The molecule has 0 saturated heterocycles. The zero-order chi connectivity index (χ0) is 13.9. The van der Waals surface area contributed by atoms with Gasteiger partial charge in [0.1, 0.15) is 17.3 Å². The van der Waals surface area contributed by atoms with Gasteiger partial charge < -0.3 is 14.8 Å². The summed E-state index contributed by atoms with van der Waals surface area (Å²) in [5.41, 5.74) is 1.51. The molecule has 0 saturated carbocycles. The number of methoxy groups -OCH3 is 1. The van der Waals surface area contributed by atoms with Crippen LogP contribution in [0.2, 0.25) is 0 Å². The van der Waals surface area contributed by atoms with Crippen LogP contribution in [0.4, 0.5) is 10.1 Å². The highest BCUT2D eigenvalue weighted by atomic mass is 19.1. The molecular formula is C16H16FNO2. The van der Waals surface area contributed by atoms with E-state index >= 15 is 0 Å². The molecule has 2 aromatic rings. The number of halogens is 1. The molecule has 1 unspecified atom stereocenters. The molecule has 0 radical (unpaired) electrons. The molecule has 1 aliphatic heterocycles. The average molecular weight is 273 g/mol. The minimum atomic E-state index is -0.247. The van der Waals surface area contributed by atoms with E-state index in [9.17, 15) is 4.39 Å². The Labute approximate surface area is 117 Å². The summed E-state index contributed by atoms with van der Waals surface area (Å²) >= 11 is 0. The van der Waals surface area contributed by atoms with E-state index in [2.05, 4.69) is 5.32 Å². The van der Waals surface area contributed by atoms with Crippen LogP contribution in [-0.4, -0.2) is 13.7 Å². The van der Waals surface area contributed by atoms with E-state index < -0.39 is 0 Å². The predicted molar refractivity (Wildman–Crippen MR) is 75.9 cm³/mol. The van der Waals surface area contributed by atoms with Crippen LogP contribution >= 0.6 is 0 Å². The third kappa shape index (κ3) is 2.41. The van der Waals surface area contributed by atoms with Crippen molar-refractivity contribution in [2.45, 2.75) is 12.5 Å². The van der Waals surface area contributed by atoms with Crippen molar-refractivity contribution in [2.24, 2.45) is 0 Å². The van der Waals surface area contributed by atoms with Crippen LogP contribution in [0.15, 0.2) is 42.5 Å². The normalized spacial score (nSPS) is 17.0. The van der Waals surface area contributed by atoms with Gasteiger partial charge in [0.2, 0.25) is 0 Å². The first kappa shape index (κ1) is 12.8. The van der Waals surface area contributed by atoms with Gasteiger partial charge in [-0.1, -0.05) is 12.1 Å². The summed E-state index contributed by atoms with van der Waals surface area (Å²) < 4.78 is 24.6. The lowest BCUT2D eigenvalue weighted by atomic mass is 10.00. The van der Waals surface area contributed by atoms with Crippen molar-refractivity contribution in [2.75, 3.05) is 19.0 Å². The van der Waals surface area contributed by atoms with Gasteiger partial charge in [-0.2, -0.15) is 0 Å². The van der Waals surface area contributed by atoms with E-state index in [1.807, 2.05) is 24.3 Å². The van der Waals surface area contributed by atoms with Crippen LogP contribution in [0.25, 0.3) is 0 Å². The van der Waals surface area contributed by atoms with E-state index in [0.717, 1.165) is 23.5 Å². The highest BCUT2D eigenvalue weighted by Gasteiger charge is 2.22. The maximum atomic E-state index is 13.7. The Hall–Kier alpha value is -2.23. The Kier molecular flexibility index (Phi) is 3.46. The second kappa shape index (κ2) is 5.41. The lowest BCUT2D eigenvalue weighted by Gasteiger charge is -2.28. The second-order valence-corrected chi connectivity index (χ2v) is 4.72. The molecule has 0 aliphatic carbocycles. The topological polar surface area (TPSA) is 30.5 Å². The monoisotopic (exact) mass is 273 g/mol. The van der Waals surface area contributed by atoms with Gasteiger partial charge in [0.25, 0.3) is 0 Å². The van der Waals surface area contributed by atoms with Crippen molar-refractivity contribution in [1.82, 2.24) is 0 Å². The Morgan fingerprint density at radius 2 is 2.10 bits per heavy atom. The quantitative estimate of drug-likeness (QED) is 0.923. The first-order valence-electron chi connectivity index (χ1n) is 6.60. The lowest BCUT2D eigenvalue weighted by molar-refractivity contribution is 0.273. The van der Waals surface area contributed by atoms with Gasteiger partial charge in [-0.05, 0) is 30.3 Å². The molecule has 0 amide bonds. The average Bonchev–Trinajstić information content (AvgIpc) is 2.49. The van der Waals surface area contributed by atoms with E-state index in [4.69, 9.17) is 9.47 Å². The summed E-state index contributed by atoms with van der Waals surface area (Å²) in [7, 11) is 1.63. The molecule has 0 spiro atoms. The lowest BCUT2D eigenvalue weighted by Crippen LogP contribution is -2.20. The number of anilines is 1. The van der Waals surface area contributed by atoms with Crippen molar-refractivity contribution in [3.05, 3.63) is 53.8 Å². The van der Waals surface area contributed by atoms with Crippen LogP contribution in [0.3, 0.4) is 0 Å². The van der Waals surface area contributed by atoms with Gasteiger partial charge in [-0.25, -0.2) is 4.39 Å². The smallest absolute Gasteiger partial charge is 0.146 e. The van der Waals surface area contributed by atoms with Gasteiger partial charge in [0.15, 0.2) is 0 Å². The molecule has 104 valence electrons. The number of fused-ring (bicyclic) bond motifs is 1. The largest absolute Gasteiger partial charge is 0.497 e. The summed E-state index contributed by atoms with van der Waals surface area (Å²) in [5.74, 6) is 1.35. The molecule has 1 heterocycles. The zero-order valence-electron chi connectivity index (χ0n) is 11.2. The minimum absolute atomic E-state index is 0.0192. The minimum Gasteiger partial charge on any atom is -0.497 e. The Balaban J connectivity index is 1.91. The van der Waals surface area contributed by atoms with E-state index in [-0.39, 0.29) is 11.9 Å². The number of benzene rings is 2. The fourth-order valence-electron chi connectivity index (χ4n) is 2.42. The summed E-state index contributed by atoms with van der Waals surface area (Å²) in [5, 5.41) is 3.25. The molecule has 3 nitrogen and oxygen atoms in total. The van der Waals surface area contributed by atoms with Gasteiger partial charge >= 0.3 is 0 Å². The Morgan fingerprint density at radius 3 is 2.90 bits per heavy atom. The van der Waals surface area contributed by atoms with E-state index in [1.54, 1.807) is 19.2 Å².